The number of benzene rings is 1. The van der Waals surface area contributed by atoms with Gasteiger partial charge in [0.2, 0.25) is 5.01 Å². The third-order valence-corrected chi connectivity index (χ3v) is 4.09. The van der Waals surface area contributed by atoms with E-state index in [0.717, 1.165) is 17.6 Å². The SMILES string of the molecule is CS(=O)(=O)c1ccc2nc(C(=O)O)sc2c1. The van der Waals surface area contributed by atoms with Gasteiger partial charge in [-0.1, -0.05) is 0 Å². The number of hydrogen-bond acceptors (Lipinski definition) is 5. The fraction of sp³-hybridized carbons (Fsp3) is 0.111. The van der Waals surface area contributed by atoms with Crippen molar-refractivity contribution in [2.75, 3.05) is 6.26 Å². The molecule has 7 heteroatoms. The highest BCUT2D eigenvalue weighted by molar-refractivity contribution is 7.90. The van der Waals surface area contributed by atoms with E-state index < -0.39 is 15.8 Å². The Kier molecular flexibility index (Phi) is 2.43. The minimum absolute atomic E-state index is 0.0411. The van der Waals surface area contributed by atoms with Crippen LogP contribution in [-0.2, 0) is 9.84 Å². The standard InChI is InChI=1S/C9H7NO4S2/c1-16(13,14)5-2-3-6-7(4-5)15-8(10-6)9(11)12/h2-4H,1H3,(H,11,12). The van der Waals surface area contributed by atoms with E-state index in [1.54, 1.807) is 0 Å². The lowest BCUT2D eigenvalue weighted by Crippen LogP contribution is -1.95. The number of nitrogens with zero attached hydrogens (tertiary/aromatic N) is 1. The van der Waals surface area contributed by atoms with Crippen LogP contribution >= 0.6 is 11.3 Å². The van der Waals surface area contributed by atoms with Crippen molar-refractivity contribution in [1.82, 2.24) is 4.98 Å². The third kappa shape index (κ3) is 1.91. The number of carboxylic acid groups (broad SMARTS) is 1. The minimum Gasteiger partial charge on any atom is -0.476 e. The molecule has 0 fully saturated rings. The maximum absolute atomic E-state index is 11.3. The molecule has 0 spiro atoms. The molecule has 0 radical (unpaired) electrons. The van der Waals surface area contributed by atoms with Crippen LogP contribution in [-0.4, -0.2) is 30.7 Å². The molecule has 0 aliphatic carbocycles. The van der Waals surface area contributed by atoms with Crippen molar-refractivity contribution in [3.8, 4) is 0 Å². The van der Waals surface area contributed by atoms with Gasteiger partial charge in [-0.05, 0) is 18.2 Å². The first kappa shape index (κ1) is 11.0. The van der Waals surface area contributed by atoms with E-state index in [-0.39, 0.29) is 9.90 Å². The molecule has 2 aromatic rings. The van der Waals surface area contributed by atoms with Gasteiger partial charge in [-0.2, -0.15) is 0 Å². The van der Waals surface area contributed by atoms with Crippen molar-refractivity contribution in [3.05, 3.63) is 23.2 Å². The number of aromatic carboxylic acids is 1. The zero-order valence-corrected chi connectivity index (χ0v) is 9.80. The monoisotopic (exact) mass is 257 g/mol. The number of hydrogen-bond donors (Lipinski definition) is 1. The van der Waals surface area contributed by atoms with E-state index >= 15 is 0 Å². The molecule has 1 heterocycles. The van der Waals surface area contributed by atoms with Gasteiger partial charge in [0.25, 0.3) is 0 Å². The van der Waals surface area contributed by atoms with E-state index in [1.807, 2.05) is 0 Å². The summed E-state index contributed by atoms with van der Waals surface area (Å²) in [6, 6.07) is 4.37. The van der Waals surface area contributed by atoms with Gasteiger partial charge < -0.3 is 5.11 Å². The zero-order valence-electron chi connectivity index (χ0n) is 8.17. The first-order valence-corrected chi connectivity index (χ1v) is 6.92. The van der Waals surface area contributed by atoms with Crippen LogP contribution in [0.2, 0.25) is 0 Å². The highest BCUT2D eigenvalue weighted by Crippen LogP contribution is 2.24. The number of fused-ring (bicyclic) bond motifs is 1. The number of sulfone groups is 1. The van der Waals surface area contributed by atoms with Crippen LogP contribution in [0.3, 0.4) is 0 Å². The molecule has 0 saturated carbocycles. The summed E-state index contributed by atoms with van der Waals surface area (Å²) in [7, 11) is -3.27. The second-order valence-electron chi connectivity index (χ2n) is 3.23. The molecule has 16 heavy (non-hydrogen) atoms. The zero-order chi connectivity index (χ0) is 11.9. The largest absolute Gasteiger partial charge is 0.476 e. The average Bonchev–Trinajstić information content (AvgIpc) is 2.58. The van der Waals surface area contributed by atoms with Crippen molar-refractivity contribution in [2.24, 2.45) is 0 Å². The highest BCUT2D eigenvalue weighted by atomic mass is 32.2. The molecule has 0 saturated heterocycles. The Balaban J connectivity index is 2.67. The molecular formula is C9H7NO4S2. The number of thiazole rings is 1. The van der Waals surface area contributed by atoms with Crippen LogP contribution in [0, 0.1) is 0 Å². The summed E-state index contributed by atoms with van der Waals surface area (Å²) in [5.41, 5.74) is 0.495. The molecule has 0 amide bonds. The van der Waals surface area contributed by atoms with Gasteiger partial charge in [-0.15, -0.1) is 11.3 Å². The molecule has 84 valence electrons. The lowest BCUT2D eigenvalue weighted by molar-refractivity contribution is 0.0696. The van der Waals surface area contributed by atoms with Gasteiger partial charge in [0.05, 0.1) is 15.1 Å². The van der Waals surface area contributed by atoms with Gasteiger partial charge in [0, 0.05) is 6.26 Å². The van der Waals surface area contributed by atoms with Crippen LogP contribution in [0.4, 0.5) is 0 Å². The molecule has 1 aromatic carbocycles. The Morgan fingerprint density at radius 2 is 2.12 bits per heavy atom. The van der Waals surface area contributed by atoms with Crippen molar-refractivity contribution >= 4 is 37.4 Å². The predicted molar refractivity (Wildman–Crippen MR) is 59.7 cm³/mol. The van der Waals surface area contributed by atoms with Crippen molar-refractivity contribution in [3.63, 3.8) is 0 Å². The topological polar surface area (TPSA) is 84.3 Å². The van der Waals surface area contributed by atoms with Gasteiger partial charge in [-0.3, -0.25) is 0 Å². The third-order valence-electron chi connectivity index (χ3n) is 1.97. The Hall–Kier alpha value is -1.47. The van der Waals surface area contributed by atoms with Crippen LogP contribution in [0.15, 0.2) is 23.1 Å². The molecule has 0 bridgehead atoms. The summed E-state index contributed by atoms with van der Waals surface area (Å²) >= 11 is 0.961. The number of carboxylic acids is 1. The van der Waals surface area contributed by atoms with Crippen LogP contribution in [0.1, 0.15) is 9.80 Å². The summed E-state index contributed by atoms with van der Waals surface area (Å²) in [4.78, 5) is 14.7. The van der Waals surface area contributed by atoms with Crippen molar-refractivity contribution < 1.29 is 18.3 Å². The lowest BCUT2D eigenvalue weighted by Gasteiger charge is -1.96. The van der Waals surface area contributed by atoms with Crippen LogP contribution in [0.5, 0.6) is 0 Å². The second kappa shape index (κ2) is 3.53. The maximum Gasteiger partial charge on any atom is 0.365 e. The summed E-state index contributed by atoms with van der Waals surface area (Å²) in [6.07, 6.45) is 1.10. The Labute approximate surface area is 95.3 Å². The molecule has 0 unspecified atom stereocenters. The molecule has 1 N–H and O–H groups in total. The normalized spacial score (nSPS) is 11.8. The smallest absolute Gasteiger partial charge is 0.365 e. The molecule has 5 nitrogen and oxygen atoms in total. The van der Waals surface area contributed by atoms with Crippen LogP contribution in [0.25, 0.3) is 10.2 Å². The summed E-state index contributed by atoms with van der Waals surface area (Å²) in [6.45, 7) is 0. The number of carbonyl (C=O) groups is 1. The van der Waals surface area contributed by atoms with E-state index in [9.17, 15) is 13.2 Å². The molecule has 0 aliphatic heterocycles. The minimum atomic E-state index is -3.27. The van der Waals surface area contributed by atoms with Gasteiger partial charge in [-0.25, -0.2) is 18.2 Å². The Morgan fingerprint density at radius 3 is 2.69 bits per heavy atom. The Morgan fingerprint density at radius 1 is 1.44 bits per heavy atom. The molecule has 1 aromatic heterocycles. The van der Waals surface area contributed by atoms with E-state index in [4.69, 9.17) is 5.11 Å². The summed E-state index contributed by atoms with van der Waals surface area (Å²) in [5, 5.41) is 8.70. The van der Waals surface area contributed by atoms with E-state index in [0.29, 0.717) is 10.2 Å². The maximum atomic E-state index is 11.3. The van der Waals surface area contributed by atoms with E-state index in [1.165, 1.54) is 18.2 Å². The lowest BCUT2D eigenvalue weighted by atomic mass is 10.3. The van der Waals surface area contributed by atoms with Crippen molar-refractivity contribution in [1.29, 1.82) is 0 Å². The highest BCUT2D eigenvalue weighted by Gasteiger charge is 2.13. The number of aromatic nitrogens is 1. The Bertz CT molecular complexity index is 672. The van der Waals surface area contributed by atoms with Crippen LogP contribution < -0.4 is 0 Å². The fourth-order valence-electron chi connectivity index (χ4n) is 1.23. The van der Waals surface area contributed by atoms with Gasteiger partial charge in [0.15, 0.2) is 9.84 Å². The van der Waals surface area contributed by atoms with Crippen molar-refractivity contribution in [2.45, 2.75) is 4.90 Å². The fourth-order valence-corrected chi connectivity index (χ4v) is 2.79. The quantitative estimate of drug-likeness (QED) is 0.879. The molecular weight excluding hydrogens is 250 g/mol. The summed E-state index contributed by atoms with van der Waals surface area (Å²) < 4.78 is 23.1. The predicted octanol–water partition coefficient (Wildman–Crippen LogP) is 1.40. The average molecular weight is 257 g/mol. The molecule has 0 atom stereocenters. The molecule has 2 rings (SSSR count). The van der Waals surface area contributed by atoms with Gasteiger partial charge in [0.1, 0.15) is 0 Å². The number of rotatable bonds is 2. The summed E-state index contributed by atoms with van der Waals surface area (Å²) in [5.74, 6) is -1.11. The van der Waals surface area contributed by atoms with Gasteiger partial charge >= 0.3 is 5.97 Å². The van der Waals surface area contributed by atoms with E-state index in [2.05, 4.69) is 4.98 Å². The second-order valence-corrected chi connectivity index (χ2v) is 6.27. The first-order chi connectivity index (χ1) is 7.38. The molecule has 0 aliphatic rings. The first-order valence-electron chi connectivity index (χ1n) is 4.22.